The van der Waals surface area contributed by atoms with E-state index >= 15 is 0 Å². The molecule has 3 aromatic rings. The third kappa shape index (κ3) is 4.20. The Kier molecular flexibility index (Phi) is 5.22. The minimum atomic E-state index is -3.52. The highest BCUT2D eigenvalue weighted by Crippen LogP contribution is 2.25. The van der Waals surface area contributed by atoms with Gasteiger partial charge in [-0.15, -0.1) is 0 Å². The Labute approximate surface area is 164 Å². The average Bonchev–Trinajstić information content (AvgIpc) is 2.95. The third-order valence-corrected chi connectivity index (χ3v) is 5.19. The van der Waals surface area contributed by atoms with Gasteiger partial charge in [-0.3, -0.25) is 4.79 Å². The van der Waals surface area contributed by atoms with E-state index in [4.69, 9.17) is 11.6 Å². The lowest BCUT2D eigenvalue weighted by Crippen LogP contribution is -2.11. The number of nitrogens with one attached hydrogen (secondary N) is 1. The van der Waals surface area contributed by atoms with Crippen molar-refractivity contribution in [3.8, 4) is 11.4 Å². The van der Waals surface area contributed by atoms with E-state index < -0.39 is 27.4 Å². The average molecular weight is 426 g/mol. The van der Waals surface area contributed by atoms with Crippen LogP contribution in [0.4, 0.5) is 14.5 Å². The maximum Gasteiger partial charge on any atom is 0.257 e. The van der Waals surface area contributed by atoms with Crippen molar-refractivity contribution in [3.63, 3.8) is 0 Å². The van der Waals surface area contributed by atoms with Gasteiger partial charge in [-0.25, -0.2) is 22.2 Å². The molecule has 0 atom stereocenters. The van der Waals surface area contributed by atoms with E-state index in [0.29, 0.717) is 6.07 Å². The number of carbonyl (C=O) groups excluding carboxylic acids is 1. The topological polar surface area (TPSA) is 81.1 Å². The molecule has 146 valence electrons. The van der Waals surface area contributed by atoms with Crippen molar-refractivity contribution in [2.75, 3.05) is 11.6 Å². The molecule has 0 saturated carbocycles. The van der Waals surface area contributed by atoms with Crippen LogP contribution in [0.2, 0.25) is 5.02 Å². The number of aromatic nitrogens is 2. The van der Waals surface area contributed by atoms with Crippen LogP contribution in [0.15, 0.2) is 47.6 Å². The van der Waals surface area contributed by atoms with Crippen molar-refractivity contribution in [2.45, 2.75) is 4.90 Å². The van der Waals surface area contributed by atoms with Gasteiger partial charge in [-0.1, -0.05) is 11.6 Å². The Morgan fingerprint density at radius 2 is 1.89 bits per heavy atom. The highest BCUT2D eigenvalue weighted by atomic mass is 35.5. The first kappa shape index (κ1) is 20.0. The molecular formula is C18H14ClF2N3O3S. The molecule has 3 rings (SSSR count). The number of benzene rings is 1. The van der Waals surface area contributed by atoms with Crippen molar-refractivity contribution in [3.05, 3.63) is 64.9 Å². The lowest BCUT2D eigenvalue weighted by atomic mass is 10.2. The van der Waals surface area contributed by atoms with Gasteiger partial charge >= 0.3 is 0 Å². The van der Waals surface area contributed by atoms with Crippen molar-refractivity contribution < 1.29 is 22.0 Å². The van der Waals surface area contributed by atoms with Gasteiger partial charge in [0, 0.05) is 36.3 Å². The smallest absolute Gasteiger partial charge is 0.257 e. The van der Waals surface area contributed by atoms with Crippen molar-refractivity contribution >= 4 is 33.0 Å². The minimum absolute atomic E-state index is 0.0402. The molecule has 0 unspecified atom stereocenters. The van der Waals surface area contributed by atoms with Crippen molar-refractivity contribution in [1.29, 1.82) is 0 Å². The largest absolute Gasteiger partial charge is 0.348 e. The molecule has 2 aromatic heterocycles. The number of rotatable bonds is 4. The maximum absolute atomic E-state index is 14.0. The summed E-state index contributed by atoms with van der Waals surface area (Å²) in [6.45, 7) is 0. The summed E-state index contributed by atoms with van der Waals surface area (Å²) in [5.74, 6) is -2.23. The molecule has 0 fully saturated rings. The standard InChI is InChI=1S/C18H14ClF2N3O3S/c1-24-9-10(3-16(24)17-15(21)6-12(20)8-22-17)18(25)23-13-4-11(19)5-14(7-13)28(2,26)27/h3-9H,1-2H3,(H,23,25). The SMILES string of the molecule is Cn1cc(C(=O)Nc2cc(Cl)cc(S(C)(=O)=O)c2)cc1-c1ncc(F)cc1F. The van der Waals surface area contributed by atoms with Gasteiger partial charge in [0.1, 0.15) is 11.5 Å². The first-order valence-electron chi connectivity index (χ1n) is 7.84. The van der Waals surface area contributed by atoms with Crippen molar-refractivity contribution in [2.24, 2.45) is 7.05 Å². The van der Waals surface area contributed by atoms with Crippen LogP contribution in [0.3, 0.4) is 0 Å². The van der Waals surface area contributed by atoms with Crippen LogP contribution in [0.1, 0.15) is 10.4 Å². The normalized spacial score (nSPS) is 11.5. The third-order valence-electron chi connectivity index (χ3n) is 3.87. The molecule has 28 heavy (non-hydrogen) atoms. The zero-order valence-electron chi connectivity index (χ0n) is 14.7. The number of pyridine rings is 1. The van der Waals surface area contributed by atoms with E-state index in [9.17, 15) is 22.0 Å². The summed E-state index contributed by atoms with van der Waals surface area (Å²) >= 11 is 5.92. The molecule has 6 nitrogen and oxygen atoms in total. The summed E-state index contributed by atoms with van der Waals surface area (Å²) in [5.41, 5.74) is 0.522. The van der Waals surface area contributed by atoms with E-state index in [1.807, 2.05) is 0 Å². The summed E-state index contributed by atoms with van der Waals surface area (Å²) in [6.07, 6.45) is 3.35. The van der Waals surface area contributed by atoms with Gasteiger partial charge < -0.3 is 9.88 Å². The van der Waals surface area contributed by atoms with Crippen LogP contribution in [0.5, 0.6) is 0 Å². The van der Waals surface area contributed by atoms with Crippen LogP contribution in [-0.4, -0.2) is 30.1 Å². The van der Waals surface area contributed by atoms with Gasteiger partial charge in [0.2, 0.25) is 0 Å². The fourth-order valence-electron chi connectivity index (χ4n) is 2.58. The first-order chi connectivity index (χ1) is 13.0. The summed E-state index contributed by atoms with van der Waals surface area (Å²) in [4.78, 5) is 16.2. The molecule has 2 heterocycles. The second-order valence-electron chi connectivity index (χ2n) is 6.11. The van der Waals surface area contributed by atoms with Gasteiger partial charge in [-0.2, -0.15) is 0 Å². The van der Waals surface area contributed by atoms with Gasteiger partial charge in [0.15, 0.2) is 15.7 Å². The number of sulfone groups is 1. The van der Waals surface area contributed by atoms with E-state index in [1.54, 1.807) is 7.05 Å². The van der Waals surface area contributed by atoms with E-state index in [0.717, 1.165) is 12.5 Å². The Hall–Kier alpha value is -2.78. The quantitative estimate of drug-likeness (QED) is 0.691. The van der Waals surface area contributed by atoms with Gasteiger partial charge in [-0.05, 0) is 24.3 Å². The van der Waals surface area contributed by atoms with Crippen LogP contribution in [0, 0.1) is 11.6 Å². The molecule has 1 amide bonds. The fraction of sp³-hybridized carbons (Fsp3) is 0.111. The van der Waals surface area contributed by atoms with Crippen molar-refractivity contribution in [1.82, 2.24) is 9.55 Å². The number of hydrogen-bond donors (Lipinski definition) is 1. The Bertz CT molecular complexity index is 1190. The molecule has 10 heteroatoms. The van der Waals surface area contributed by atoms with E-state index in [1.165, 1.54) is 35.0 Å². The zero-order chi connectivity index (χ0) is 20.6. The Balaban J connectivity index is 1.92. The lowest BCUT2D eigenvalue weighted by Gasteiger charge is -2.07. The number of carbonyl (C=O) groups is 1. The van der Waals surface area contributed by atoms with Crippen LogP contribution in [0.25, 0.3) is 11.4 Å². The molecule has 0 spiro atoms. The number of amides is 1. The number of halogens is 3. The minimum Gasteiger partial charge on any atom is -0.348 e. The molecule has 1 N–H and O–H groups in total. The Morgan fingerprint density at radius 1 is 1.18 bits per heavy atom. The second kappa shape index (κ2) is 7.33. The predicted octanol–water partition coefficient (Wildman–Crippen LogP) is 3.67. The molecule has 1 aromatic carbocycles. The highest BCUT2D eigenvalue weighted by Gasteiger charge is 2.17. The molecule has 0 aliphatic carbocycles. The van der Waals surface area contributed by atoms with E-state index in [2.05, 4.69) is 10.3 Å². The first-order valence-corrected chi connectivity index (χ1v) is 10.1. The van der Waals surface area contributed by atoms with Crippen LogP contribution >= 0.6 is 11.6 Å². The maximum atomic E-state index is 14.0. The lowest BCUT2D eigenvalue weighted by molar-refractivity contribution is 0.102. The number of nitrogens with zero attached hydrogens (tertiary/aromatic N) is 2. The number of anilines is 1. The molecule has 0 aliphatic rings. The van der Waals surface area contributed by atoms with Gasteiger partial charge in [0.05, 0.1) is 22.3 Å². The summed E-state index contributed by atoms with van der Waals surface area (Å²) in [6, 6.07) is 6.05. The summed E-state index contributed by atoms with van der Waals surface area (Å²) in [5, 5.41) is 2.70. The fourth-order valence-corrected chi connectivity index (χ4v) is 3.56. The zero-order valence-corrected chi connectivity index (χ0v) is 16.3. The highest BCUT2D eigenvalue weighted by molar-refractivity contribution is 7.90. The molecule has 0 saturated heterocycles. The van der Waals surface area contributed by atoms with Gasteiger partial charge in [0.25, 0.3) is 5.91 Å². The molecule has 0 aliphatic heterocycles. The number of aryl methyl sites for hydroxylation is 1. The molecular weight excluding hydrogens is 412 g/mol. The monoisotopic (exact) mass is 425 g/mol. The summed E-state index contributed by atoms with van der Waals surface area (Å²) in [7, 11) is -1.93. The van der Waals surface area contributed by atoms with Crippen LogP contribution < -0.4 is 5.32 Å². The molecule has 0 bridgehead atoms. The Morgan fingerprint density at radius 3 is 2.54 bits per heavy atom. The summed E-state index contributed by atoms with van der Waals surface area (Å²) < 4.78 is 51.9. The predicted molar refractivity (Wildman–Crippen MR) is 101 cm³/mol. The second-order valence-corrected chi connectivity index (χ2v) is 8.56. The van der Waals surface area contributed by atoms with Crippen LogP contribution in [-0.2, 0) is 16.9 Å². The number of hydrogen-bond acceptors (Lipinski definition) is 4. The van der Waals surface area contributed by atoms with E-state index in [-0.39, 0.29) is 32.6 Å². The molecule has 0 radical (unpaired) electrons.